The van der Waals surface area contributed by atoms with Crippen molar-refractivity contribution >= 4 is 11.8 Å². The van der Waals surface area contributed by atoms with Gasteiger partial charge in [-0.3, -0.25) is 9.59 Å². The molecular weight excluding hydrogens is 273 g/mol. The maximum absolute atomic E-state index is 13.2. The number of hydrogen-bond donors (Lipinski definition) is 3. The highest BCUT2D eigenvalue weighted by Crippen LogP contribution is 2.10. The van der Waals surface area contributed by atoms with Gasteiger partial charge in [-0.05, 0) is 31.0 Å². The van der Waals surface area contributed by atoms with Crippen LogP contribution in [0.1, 0.15) is 35.2 Å². The minimum absolute atomic E-state index is 0.130. The highest BCUT2D eigenvalue weighted by Gasteiger charge is 2.10. The lowest BCUT2D eigenvalue weighted by molar-refractivity contribution is -0.118. The molecule has 0 bridgehead atoms. The van der Waals surface area contributed by atoms with Gasteiger partial charge in [0.1, 0.15) is 5.82 Å². The first-order chi connectivity index (χ1) is 10.0. The summed E-state index contributed by atoms with van der Waals surface area (Å²) in [5.74, 6) is 4.11. The molecular formula is C15H18FN3O2. The van der Waals surface area contributed by atoms with Crippen molar-refractivity contribution in [1.82, 2.24) is 5.32 Å². The topological polar surface area (TPSA) is 98.2 Å². The van der Waals surface area contributed by atoms with Gasteiger partial charge in [0.05, 0.1) is 12.1 Å². The normalized spacial score (nSPS) is 9.62. The summed E-state index contributed by atoms with van der Waals surface area (Å²) >= 11 is 0. The molecule has 5 nitrogen and oxygen atoms in total. The van der Waals surface area contributed by atoms with Gasteiger partial charge in [-0.1, -0.05) is 11.8 Å². The van der Waals surface area contributed by atoms with Gasteiger partial charge in [-0.2, -0.15) is 0 Å². The van der Waals surface area contributed by atoms with Gasteiger partial charge in [0.2, 0.25) is 5.91 Å². The van der Waals surface area contributed by atoms with Crippen molar-refractivity contribution < 1.29 is 14.0 Å². The number of carbonyl (C=O) groups is 2. The molecule has 0 aromatic heterocycles. The molecule has 0 saturated carbocycles. The highest BCUT2D eigenvalue weighted by atomic mass is 19.1. The fourth-order valence-electron chi connectivity index (χ4n) is 1.69. The van der Waals surface area contributed by atoms with Crippen LogP contribution in [0.2, 0.25) is 0 Å². The lowest BCUT2D eigenvalue weighted by Gasteiger charge is -2.07. The molecule has 0 heterocycles. The maximum Gasteiger partial charge on any atom is 0.252 e. The average molecular weight is 291 g/mol. The van der Waals surface area contributed by atoms with Crippen molar-refractivity contribution in [3.8, 4) is 11.8 Å². The Morgan fingerprint density at radius 3 is 2.71 bits per heavy atom. The Bertz CT molecular complexity index is 576. The van der Waals surface area contributed by atoms with Crippen molar-refractivity contribution in [2.24, 2.45) is 11.5 Å². The first kappa shape index (κ1) is 16.7. The molecule has 21 heavy (non-hydrogen) atoms. The summed E-state index contributed by atoms with van der Waals surface area (Å²) in [7, 11) is 0. The molecule has 112 valence electrons. The van der Waals surface area contributed by atoms with Crippen molar-refractivity contribution in [3.05, 3.63) is 35.1 Å². The van der Waals surface area contributed by atoms with Gasteiger partial charge in [-0.15, -0.1) is 0 Å². The zero-order valence-corrected chi connectivity index (χ0v) is 11.6. The Balaban J connectivity index is 2.63. The third-order valence-corrected chi connectivity index (χ3v) is 2.69. The van der Waals surface area contributed by atoms with Crippen LogP contribution in [0.15, 0.2) is 18.2 Å². The van der Waals surface area contributed by atoms with Gasteiger partial charge >= 0.3 is 0 Å². The SMILES string of the molecule is NCC#Cc1cc(F)ccc1C(=O)NCCCCC(N)=O. The summed E-state index contributed by atoms with van der Waals surface area (Å²) in [5.41, 5.74) is 10.9. The smallest absolute Gasteiger partial charge is 0.252 e. The van der Waals surface area contributed by atoms with Crippen LogP contribution in [0, 0.1) is 17.7 Å². The predicted octanol–water partition coefficient (Wildman–Crippen LogP) is 0.521. The summed E-state index contributed by atoms with van der Waals surface area (Å²) in [5, 5.41) is 2.70. The summed E-state index contributed by atoms with van der Waals surface area (Å²) in [6, 6.07) is 3.79. The Labute approximate surface area is 122 Å². The van der Waals surface area contributed by atoms with E-state index in [1.165, 1.54) is 18.2 Å². The van der Waals surface area contributed by atoms with E-state index in [4.69, 9.17) is 11.5 Å². The molecule has 0 aliphatic rings. The zero-order chi connectivity index (χ0) is 15.7. The molecule has 0 radical (unpaired) electrons. The molecule has 2 amide bonds. The first-order valence-corrected chi connectivity index (χ1v) is 6.59. The third-order valence-electron chi connectivity index (χ3n) is 2.69. The number of nitrogens with two attached hydrogens (primary N) is 2. The number of nitrogens with one attached hydrogen (secondary N) is 1. The number of carbonyl (C=O) groups excluding carboxylic acids is 2. The molecule has 0 unspecified atom stereocenters. The Hall–Kier alpha value is -2.39. The second-order valence-corrected chi connectivity index (χ2v) is 4.38. The van der Waals surface area contributed by atoms with Gasteiger partial charge in [0.25, 0.3) is 5.91 Å². The van der Waals surface area contributed by atoms with Crippen LogP contribution in [-0.4, -0.2) is 24.9 Å². The van der Waals surface area contributed by atoms with Crippen LogP contribution >= 0.6 is 0 Å². The van der Waals surface area contributed by atoms with Crippen LogP contribution in [0.5, 0.6) is 0 Å². The maximum atomic E-state index is 13.2. The molecule has 1 rings (SSSR count). The Morgan fingerprint density at radius 2 is 2.05 bits per heavy atom. The molecule has 6 heteroatoms. The van der Waals surface area contributed by atoms with Crippen LogP contribution < -0.4 is 16.8 Å². The first-order valence-electron chi connectivity index (χ1n) is 6.59. The molecule has 0 aliphatic carbocycles. The quantitative estimate of drug-likeness (QED) is 0.526. The molecule has 5 N–H and O–H groups in total. The van der Waals surface area contributed by atoms with E-state index >= 15 is 0 Å². The Morgan fingerprint density at radius 1 is 1.29 bits per heavy atom. The van der Waals surface area contributed by atoms with E-state index in [9.17, 15) is 14.0 Å². The summed E-state index contributed by atoms with van der Waals surface area (Å²) in [6.07, 6.45) is 1.54. The highest BCUT2D eigenvalue weighted by molar-refractivity contribution is 5.96. The van der Waals surface area contributed by atoms with Crippen molar-refractivity contribution in [3.63, 3.8) is 0 Å². The molecule has 0 spiro atoms. The molecule has 0 aliphatic heterocycles. The van der Waals surface area contributed by atoms with Gasteiger partial charge < -0.3 is 16.8 Å². The number of benzene rings is 1. The minimum atomic E-state index is -0.464. The van der Waals surface area contributed by atoms with Crippen molar-refractivity contribution in [2.45, 2.75) is 19.3 Å². The van der Waals surface area contributed by atoms with E-state index in [0.29, 0.717) is 36.9 Å². The largest absolute Gasteiger partial charge is 0.370 e. The van der Waals surface area contributed by atoms with Crippen LogP contribution in [0.4, 0.5) is 4.39 Å². The van der Waals surface area contributed by atoms with E-state index < -0.39 is 5.82 Å². The minimum Gasteiger partial charge on any atom is -0.370 e. The third kappa shape index (κ3) is 6.06. The van der Waals surface area contributed by atoms with E-state index in [-0.39, 0.29) is 18.4 Å². The standard InChI is InChI=1S/C15H18FN3O2/c16-12-6-7-13(11(10-12)4-3-8-17)15(21)19-9-2-1-5-14(18)20/h6-7,10H,1-2,5,8-9,17H2,(H2,18,20)(H,19,21). The summed E-state index contributed by atoms with van der Waals surface area (Å²) in [4.78, 5) is 22.6. The van der Waals surface area contributed by atoms with E-state index in [0.717, 1.165) is 0 Å². The van der Waals surface area contributed by atoms with Crippen LogP contribution in [0.3, 0.4) is 0 Å². The van der Waals surface area contributed by atoms with E-state index in [1.54, 1.807) is 0 Å². The zero-order valence-electron chi connectivity index (χ0n) is 11.6. The van der Waals surface area contributed by atoms with E-state index in [2.05, 4.69) is 17.2 Å². The second kappa shape index (κ2) is 8.72. The molecule has 0 saturated heterocycles. The second-order valence-electron chi connectivity index (χ2n) is 4.38. The number of primary amides is 1. The number of hydrogen-bond acceptors (Lipinski definition) is 3. The molecule has 0 fully saturated rings. The molecule has 0 atom stereocenters. The molecule has 1 aromatic rings. The van der Waals surface area contributed by atoms with Crippen LogP contribution in [-0.2, 0) is 4.79 Å². The van der Waals surface area contributed by atoms with Crippen LogP contribution in [0.25, 0.3) is 0 Å². The number of rotatable bonds is 6. The van der Waals surface area contributed by atoms with E-state index in [1.807, 2.05) is 0 Å². The fraction of sp³-hybridized carbons (Fsp3) is 0.333. The monoisotopic (exact) mass is 291 g/mol. The van der Waals surface area contributed by atoms with Gasteiger partial charge in [0.15, 0.2) is 0 Å². The fourth-order valence-corrected chi connectivity index (χ4v) is 1.69. The van der Waals surface area contributed by atoms with Gasteiger partial charge in [0, 0.05) is 18.5 Å². The molecule has 1 aromatic carbocycles. The van der Waals surface area contributed by atoms with Gasteiger partial charge in [-0.25, -0.2) is 4.39 Å². The van der Waals surface area contributed by atoms with Crippen molar-refractivity contribution in [2.75, 3.05) is 13.1 Å². The number of unbranched alkanes of at least 4 members (excludes halogenated alkanes) is 1. The summed E-state index contributed by atoms with van der Waals surface area (Å²) < 4.78 is 13.2. The average Bonchev–Trinajstić information content (AvgIpc) is 2.44. The number of amides is 2. The predicted molar refractivity (Wildman–Crippen MR) is 77.7 cm³/mol. The lowest BCUT2D eigenvalue weighted by Crippen LogP contribution is -2.25. The number of halogens is 1. The summed E-state index contributed by atoms with van der Waals surface area (Å²) in [6.45, 7) is 0.540. The Kier molecular flexibility index (Phi) is 6.92. The van der Waals surface area contributed by atoms with Crippen molar-refractivity contribution in [1.29, 1.82) is 0 Å². The lowest BCUT2D eigenvalue weighted by atomic mass is 10.1.